The molecule has 2 amide bonds. The van der Waals surface area contributed by atoms with Gasteiger partial charge in [0.1, 0.15) is 10.8 Å². The summed E-state index contributed by atoms with van der Waals surface area (Å²) < 4.78 is 10.3. The number of anilines is 3. The van der Waals surface area contributed by atoms with Crippen LogP contribution in [0.4, 0.5) is 16.4 Å². The molecular formula is C20H25N3O5S. The molecule has 0 radical (unpaired) electrons. The average Bonchev–Trinajstić information content (AvgIpc) is 3.09. The number of aryl methyl sites for hydroxylation is 1. The van der Waals surface area contributed by atoms with Crippen molar-refractivity contribution >= 4 is 45.5 Å². The van der Waals surface area contributed by atoms with E-state index >= 15 is 0 Å². The summed E-state index contributed by atoms with van der Waals surface area (Å²) in [6.45, 7) is 5.33. The van der Waals surface area contributed by atoms with E-state index in [1.165, 1.54) is 25.4 Å². The molecule has 0 unspecified atom stereocenters. The fourth-order valence-corrected chi connectivity index (χ4v) is 3.54. The number of nitrogens with one attached hydrogen (secondary N) is 3. The highest BCUT2D eigenvalue weighted by atomic mass is 32.1. The summed E-state index contributed by atoms with van der Waals surface area (Å²) in [5, 5.41) is 8.90. The minimum absolute atomic E-state index is 0.0541. The summed E-state index contributed by atoms with van der Waals surface area (Å²) in [5.74, 6) is -0.457. The van der Waals surface area contributed by atoms with Crippen LogP contribution in [0.3, 0.4) is 0 Å². The number of benzene rings is 1. The Morgan fingerprint density at radius 3 is 2.48 bits per heavy atom. The number of methoxy groups -OCH3 is 1. The zero-order chi connectivity index (χ0) is 21.4. The minimum atomic E-state index is -0.462. The molecule has 0 bridgehead atoms. The minimum Gasteiger partial charge on any atom is -0.495 e. The fourth-order valence-electron chi connectivity index (χ4n) is 2.54. The van der Waals surface area contributed by atoms with Gasteiger partial charge in [-0.3, -0.25) is 9.59 Å². The second-order valence-electron chi connectivity index (χ2n) is 6.03. The van der Waals surface area contributed by atoms with Gasteiger partial charge in [-0.2, -0.15) is 0 Å². The third kappa shape index (κ3) is 6.21. The summed E-state index contributed by atoms with van der Waals surface area (Å²) in [7, 11) is 1.52. The van der Waals surface area contributed by atoms with Gasteiger partial charge in [-0.25, -0.2) is 4.79 Å². The molecule has 0 aliphatic carbocycles. The third-order valence-corrected chi connectivity index (χ3v) is 5.03. The van der Waals surface area contributed by atoms with Gasteiger partial charge in [0.05, 0.1) is 31.5 Å². The largest absolute Gasteiger partial charge is 0.495 e. The predicted molar refractivity (Wildman–Crippen MR) is 114 cm³/mol. The molecule has 0 atom stereocenters. The SMILES string of the molecule is CCOC(=O)c1cc(CC)sc1NC(=O)CNc1cc(NC(C)=O)ccc1OC. The maximum absolute atomic E-state index is 12.4. The second-order valence-corrected chi connectivity index (χ2v) is 7.16. The van der Waals surface area contributed by atoms with E-state index in [1.807, 2.05) is 6.92 Å². The fraction of sp³-hybridized carbons (Fsp3) is 0.350. The maximum Gasteiger partial charge on any atom is 0.341 e. The lowest BCUT2D eigenvalue weighted by Gasteiger charge is -2.13. The number of amides is 2. The molecule has 0 saturated heterocycles. The van der Waals surface area contributed by atoms with Crippen LogP contribution in [0.2, 0.25) is 0 Å². The highest BCUT2D eigenvalue weighted by Crippen LogP contribution is 2.30. The standard InChI is InChI=1S/C20H25N3O5S/c1-5-14-10-15(20(26)28-6-2)19(29-14)23-18(25)11-21-16-9-13(22-12(3)24)7-8-17(16)27-4/h7-10,21H,5-6,11H2,1-4H3,(H,22,24)(H,23,25). The number of ether oxygens (including phenoxy) is 2. The molecule has 8 nitrogen and oxygen atoms in total. The van der Waals surface area contributed by atoms with E-state index < -0.39 is 5.97 Å². The van der Waals surface area contributed by atoms with Crippen molar-refractivity contribution in [2.45, 2.75) is 27.2 Å². The Morgan fingerprint density at radius 2 is 1.86 bits per heavy atom. The van der Waals surface area contributed by atoms with E-state index in [4.69, 9.17) is 9.47 Å². The van der Waals surface area contributed by atoms with Crippen molar-refractivity contribution in [2.24, 2.45) is 0 Å². The number of carbonyl (C=O) groups is 3. The van der Waals surface area contributed by atoms with Crippen LogP contribution in [0.15, 0.2) is 24.3 Å². The molecule has 0 aliphatic rings. The number of esters is 1. The van der Waals surface area contributed by atoms with Crippen LogP contribution in [0.5, 0.6) is 5.75 Å². The van der Waals surface area contributed by atoms with Crippen LogP contribution in [-0.4, -0.2) is 38.0 Å². The summed E-state index contributed by atoms with van der Waals surface area (Å²) in [6, 6.07) is 6.82. The molecule has 0 fully saturated rings. The first-order valence-electron chi connectivity index (χ1n) is 9.17. The van der Waals surface area contributed by atoms with E-state index in [-0.39, 0.29) is 25.0 Å². The molecule has 1 heterocycles. The number of thiophene rings is 1. The van der Waals surface area contributed by atoms with Gasteiger partial charge in [-0.05, 0) is 37.6 Å². The normalized spacial score (nSPS) is 10.2. The number of hydrogen-bond acceptors (Lipinski definition) is 7. The van der Waals surface area contributed by atoms with Crippen molar-refractivity contribution in [1.82, 2.24) is 0 Å². The third-order valence-electron chi connectivity index (χ3n) is 3.84. The van der Waals surface area contributed by atoms with Crippen molar-refractivity contribution < 1.29 is 23.9 Å². The number of carbonyl (C=O) groups excluding carboxylic acids is 3. The molecule has 0 aliphatic heterocycles. The van der Waals surface area contributed by atoms with Gasteiger partial charge in [0.2, 0.25) is 11.8 Å². The van der Waals surface area contributed by atoms with Gasteiger partial charge in [0.25, 0.3) is 0 Å². The molecule has 0 spiro atoms. The Bertz CT molecular complexity index is 894. The Kier molecular flexibility index (Phi) is 8.02. The maximum atomic E-state index is 12.4. The van der Waals surface area contributed by atoms with Gasteiger partial charge in [-0.1, -0.05) is 6.92 Å². The number of rotatable bonds is 9. The molecule has 1 aromatic heterocycles. The molecule has 9 heteroatoms. The second kappa shape index (κ2) is 10.5. The first-order chi connectivity index (χ1) is 13.9. The lowest BCUT2D eigenvalue weighted by Crippen LogP contribution is -2.22. The molecular weight excluding hydrogens is 394 g/mol. The Balaban J connectivity index is 2.09. The first-order valence-corrected chi connectivity index (χ1v) is 9.98. The molecule has 0 saturated carbocycles. The smallest absolute Gasteiger partial charge is 0.341 e. The zero-order valence-corrected chi connectivity index (χ0v) is 17.7. The quantitative estimate of drug-likeness (QED) is 0.537. The lowest BCUT2D eigenvalue weighted by molar-refractivity contribution is -0.115. The highest BCUT2D eigenvalue weighted by molar-refractivity contribution is 7.16. The predicted octanol–water partition coefficient (Wildman–Crippen LogP) is 3.50. The Labute approximate surface area is 173 Å². The van der Waals surface area contributed by atoms with E-state index in [0.717, 1.165) is 11.3 Å². The number of hydrogen-bond donors (Lipinski definition) is 3. The lowest BCUT2D eigenvalue weighted by atomic mass is 10.2. The summed E-state index contributed by atoms with van der Waals surface area (Å²) in [4.78, 5) is 36.8. The van der Waals surface area contributed by atoms with Crippen LogP contribution in [0.25, 0.3) is 0 Å². The van der Waals surface area contributed by atoms with Crippen molar-refractivity contribution in [1.29, 1.82) is 0 Å². The molecule has 2 aromatic rings. The van der Waals surface area contributed by atoms with Gasteiger partial charge >= 0.3 is 5.97 Å². The topological polar surface area (TPSA) is 106 Å². The zero-order valence-electron chi connectivity index (χ0n) is 16.9. The van der Waals surface area contributed by atoms with Gasteiger partial charge in [0.15, 0.2) is 0 Å². The van der Waals surface area contributed by atoms with Crippen molar-refractivity contribution in [3.8, 4) is 5.75 Å². The van der Waals surface area contributed by atoms with Gasteiger partial charge in [0, 0.05) is 17.5 Å². The van der Waals surface area contributed by atoms with Crippen LogP contribution >= 0.6 is 11.3 Å². The summed E-state index contributed by atoms with van der Waals surface area (Å²) in [5.41, 5.74) is 1.49. The molecule has 3 N–H and O–H groups in total. The molecule has 2 rings (SSSR count). The summed E-state index contributed by atoms with van der Waals surface area (Å²) >= 11 is 1.35. The van der Waals surface area contributed by atoms with E-state index in [0.29, 0.717) is 27.7 Å². The Morgan fingerprint density at radius 1 is 1.10 bits per heavy atom. The van der Waals surface area contributed by atoms with Crippen LogP contribution in [-0.2, 0) is 20.7 Å². The molecule has 1 aromatic carbocycles. The average molecular weight is 420 g/mol. The van der Waals surface area contributed by atoms with Crippen LogP contribution < -0.4 is 20.7 Å². The van der Waals surface area contributed by atoms with Gasteiger partial charge < -0.3 is 25.4 Å². The van der Waals surface area contributed by atoms with E-state index in [2.05, 4.69) is 16.0 Å². The van der Waals surface area contributed by atoms with Gasteiger partial charge in [-0.15, -0.1) is 11.3 Å². The summed E-state index contributed by atoms with van der Waals surface area (Å²) in [6.07, 6.45) is 0.748. The van der Waals surface area contributed by atoms with Crippen molar-refractivity contribution in [3.63, 3.8) is 0 Å². The van der Waals surface area contributed by atoms with E-state index in [9.17, 15) is 14.4 Å². The van der Waals surface area contributed by atoms with Crippen LogP contribution in [0.1, 0.15) is 36.0 Å². The van der Waals surface area contributed by atoms with Crippen molar-refractivity contribution in [2.75, 3.05) is 36.2 Å². The Hall–Kier alpha value is -3.07. The monoisotopic (exact) mass is 419 g/mol. The van der Waals surface area contributed by atoms with E-state index in [1.54, 1.807) is 31.2 Å². The highest BCUT2D eigenvalue weighted by Gasteiger charge is 2.18. The molecule has 156 valence electrons. The first kappa shape index (κ1) is 22.2. The van der Waals surface area contributed by atoms with Crippen molar-refractivity contribution in [3.05, 3.63) is 34.7 Å². The molecule has 29 heavy (non-hydrogen) atoms. The van der Waals surface area contributed by atoms with Crippen LogP contribution in [0, 0.1) is 0 Å².